The molecule has 3 heteroatoms. The molecular formula is C16H23N3. The number of benzene rings is 1. The summed E-state index contributed by atoms with van der Waals surface area (Å²) in [5.41, 5.74) is 9.23. The van der Waals surface area contributed by atoms with Crippen molar-refractivity contribution in [2.75, 3.05) is 7.05 Å². The summed E-state index contributed by atoms with van der Waals surface area (Å²) in [5.74, 6) is 0. The highest BCUT2D eigenvalue weighted by Gasteiger charge is 2.16. The van der Waals surface area contributed by atoms with Crippen molar-refractivity contribution in [1.82, 2.24) is 15.1 Å². The molecule has 0 saturated carbocycles. The zero-order valence-corrected chi connectivity index (χ0v) is 12.8. The Morgan fingerprint density at radius 3 is 2.21 bits per heavy atom. The van der Waals surface area contributed by atoms with E-state index in [1.165, 1.54) is 39.1 Å². The van der Waals surface area contributed by atoms with Gasteiger partial charge < -0.3 is 5.32 Å². The summed E-state index contributed by atoms with van der Waals surface area (Å²) < 4.78 is 1.96. The summed E-state index contributed by atoms with van der Waals surface area (Å²) in [4.78, 5) is 0. The molecule has 2 rings (SSSR count). The molecule has 1 aromatic heterocycles. The third-order valence-corrected chi connectivity index (χ3v) is 4.04. The summed E-state index contributed by atoms with van der Waals surface area (Å²) in [5, 5.41) is 7.66. The third-order valence-electron chi connectivity index (χ3n) is 4.04. The second kappa shape index (κ2) is 5.17. The van der Waals surface area contributed by atoms with Gasteiger partial charge in [-0.05, 0) is 62.6 Å². The van der Waals surface area contributed by atoms with E-state index in [4.69, 9.17) is 0 Å². The number of hydrogen-bond donors (Lipinski definition) is 1. The lowest BCUT2D eigenvalue weighted by molar-refractivity contribution is 0.673. The predicted molar refractivity (Wildman–Crippen MR) is 80.4 cm³/mol. The van der Waals surface area contributed by atoms with Crippen LogP contribution in [0.4, 0.5) is 0 Å². The molecule has 0 unspecified atom stereocenters. The molecule has 0 radical (unpaired) electrons. The average Bonchev–Trinajstić information content (AvgIpc) is 2.71. The van der Waals surface area contributed by atoms with E-state index in [1.807, 2.05) is 25.0 Å². The molecule has 102 valence electrons. The highest BCUT2D eigenvalue weighted by atomic mass is 15.3. The Balaban J connectivity index is 2.72. The van der Waals surface area contributed by atoms with E-state index < -0.39 is 0 Å². The van der Waals surface area contributed by atoms with Crippen molar-refractivity contribution in [2.45, 2.75) is 34.2 Å². The van der Waals surface area contributed by atoms with Gasteiger partial charge >= 0.3 is 0 Å². The molecule has 3 nitrogen and oxygen atoms in total. The van der Waals surface area contributed by atoms with E-state index in [2.05, 4.69) is 44.2 Å². The van der Waals surface area contributed by atoms with Gasteiger partial charge in [0, 0.05) is 19.2 Å². The van der Waals surface area contributed by atoms with E-state index in [0.717, 1.165) is 6.54 Å². The molecule has 0 atom stereocenters. The van der Waals surface area contributed by atoms with Crippen LogP contribution in [0.3, 0.4) is 0 Å². The molecular weight excluding hydrogens is 234 g/mol. The van der Waals surface area contributed by atoms with Crippen LogP contribution < -0.4 is 5.32 Å². The van der Waals surface area contributed by atoms with Crippen LogP contribution >= 0.6 is 0 Å². The number of aromatic nitrogens is 2. The van der Waals surface area contributed by atoms with Crippen molar-refractivity contribution in [1.29, 1.82) is 0 Å². The van der Waals surface area contributed by atoms with Crippen LogP contribution in [0.1, 0.15) is 27.9 Å². The summed E-state index contributed by atoms with van der Waals surface area (Å²) >= 11 is 0. The third kappa shape index (κ3) is 2.30. The van der Waals surface area contributed by atoms with Gasteiger partial charge in [0.25, 0.3) is 0 Å². The molecule has 0 saturated heterocycles. The van der Waals surface area contributed by atoms with Crippen molar-refractivity contribution in [3.63, 3.8) is 0 Å². The van der Waals surface area contributed by atoms with Crippen LogP contribution in [0.25, 0.3) is 11.1 Å². The van der Waals surface area contributed by atoms with Gasteiger partial charge in [0.1, 0.15) is 0 Å². The van der Waals surface area contributed by atoms with Gasteiger partial charge in [-0.1, -0.05) is 6.07 Å². The van der Waals surface area contributed by atoms with E-state index in [9.17, 15) is 0 Å². The molecule has 2 aromatic rings. The fourth-order valence-corrected chi connectivity index (χ4v) is 2.67. The molecule has 1 N–H and O–H groups in total. The minimum Gasteiger partial charge on any atom is -0.314 e. The molecule has 0 bridgehead atoms. The van der Waals surface area contributed by atoms with E-state index in [1.54, 1.807) is 0 Å². The SMILES string of the molecule is CNCc1c(-c2c(C)c(C)cc(C)c2C)cnn1C. The molecule has 1 aromatic carbocycles. The molecule has 0 fully saturated rings. The highest BCUT2D eigenvalue weighted by Crippen LogP contribution is 2.33. The van der Waals surface area contributed by atoms with Gasteiger partial charge in [-0.3, -0.25) is 4.68 Å². The van der Waals surface area contributed by atoms with Gasteiger partial charge in [-0.25, -0.2) is 0 Å². The van der Waals surface area contributed by atoms with Crippen LogP contribution in [0, 0.1) is 27.7 Å². The minimum atomic E-state index is 0.831. The highest BCUT2D eigenvalue weighted by molar-refractivity contribution is 5.74. The Labute approximate surface area is 115 Å². The summed E-state index contributed by atoms with van der Waals surface area (Å²) in [6, 6.07) is 2.27. The quantitative estimate of drug-likeness (QED) is 0.916. The van der Waals surface area contributed by atoms with Crippen molar-refractivity contribution in [3.05, 3.63) is 40.2 Å². The van der Waals surface area contributed by atoms with Crippen LogP contribution in [-0.4, -0.2) is 16.8 Å². The second-order valence-corrected chi connectivity index (χ2v) is 5.29. The first kappa shape index (κ1) is 13.8. The zero-order valence-electron chi connectivity index (χ0n) is 12.8. The van der Waals surface area contributed by atoms with Gasteiger partial charge in [0.2, 0.25) is 0 Å². The predicted octanol–water partition coefficient (Wildman–Crippen LogP) is 3.04. The van der Waals surface area contributed by atoms with Gasteiger partial charge in [-0.15, -0.1) is 0 Å². The molecule has 19 heavy (non-hydrogen) atoms. The number of nitrogens with one attached hydrogen (secondary N) is 1. The van der Waals surface area contributed by atoms with E-state index in [-0.39, 0.29) is 0 Å². The second-order valence-electron chi connectivity index (χ2n) is 5.29. The lowest BCUT2D eigenvalue weighted by Gasteiger charge is -2.16. The summed E-state index contributed by atoms with van der Waals surface area (Å²) in [6.07, 6.45) is 1.99. The van der Waals surface area contributed by atoms with E-state index >= 15 is 0 Å². The first-order valence-corrected chi connectivity index (χ1v) is 6.70. The number of nitrogens with zero attached hydrogens (tertiary/aromatic N) is 2. The van der Waals surface area contributed by atoms with Crippen LogP contribution in [0.5, 0.6) is 0 Å². The van der Waals surface area contributed by atoms with Crippen molar-refractivity contribution in [2.24, 2.45) is 7.05 Å². The van der Waals surface area contributed by atoms with Gasteiger partial charge in [0.05, 0.1) is 11.9 Å². The number of aryl methyl sites for hydroxylation is 3. The smallest absolute Gasteiger partial charge is 0.0597 e. The van der Waals surface area contributed by atoms with E-state index in [0.29, 0.717) is 0 Å². The molecule has 1 heterocycles. The van der Waals surface area contributed by atoms with Crippen molar-refractivity contribution < 1.29 is 0 Å². The van der Waals surface area contributed by atoms with Crippen LogP contribution in [-0.2, 0) is 13.6 Å². The van der Waals surface area contributed by atoms with Gasteiger partial charge in [-0.2, -0.15) is 5.10 Å². The fraction of sp³-hybridized carbons (Fsp3) is 0.438. The number of hydrogen-bond acceptors (Lipinski definition) is 2. The molecule has 0 aliphatic heterocycles. The molecule has 0 aliphatic rings. The number of rotatable bonds is 3. The van der Waals surface area contributed by atoms with Crippen LogP contribution in [0.15, 0.2) is 12.3 Å². The topological polar surface area (TPSA) is 29.9 Å². The standard InChI is InChI=1S/C16H23N3/c1-10-7-11(2)13(4)16(12(10)3)14-8-18-19(6)15(14)9-17-5/h7-8,17H,9H2,1-6H3. The lowest BCUT2D eigenvalue weighted by Crippen LogP contribution is -2.11. The lowest BCUT2D eigenvalue weighted by atomic mass is 9.90. The normalized spacial score (nSPS) is 11.1. The average molecular weight is 257 g/mol. The summed E-state index contributed by atoms with van der Waals surface area (Å²) in [7, 11) is 3.97. The maximum Gasteiger partial charge on any atom is 0.0597 e. The fourth-order valence-electron chi connectivity index (χ4n) is 2.67. The molecule has 0 spiro atoms. The Bertz CT molecular complexity index is 583. The maximum atomic E-state index is 4.43. The largest absolute Gasteiger partial charge is 0.314 e. The minimum absolute atomic E-state index is 0.831. The summed E-state index contributed by atoms with van der Waals surface area (Å²) in [6.45, 7) is 9.59. The first-order chi connectivity index (χ1) is 8.97. The Kier molecular flexibility index (Phi) is 3.76. The van der Waals surface area contributed by atoms with Crippen LogP contribution in [0.2, 0.25) is 0 Å². The Morgan fingerprint density at radius 2 is 1.68 bits per heavy atom. The Hall–Kier alpha value is -1.61. The maximum absolute atomic E-state index is 4.43. The van der Waals surface area contributed by atoms with Crippen molar-refractivity contribution >= 4 is 0 Å². The molecule has 0 amide bonds. The first-order valence-electron chi connectivity index (χ1n) is 6.70. The molecule has 0 aliphatic carbocycles. The zero-order chi connectivity index (χ0) is 14.2. The monoisotopic (exact) mass is 257 g/mol. The van der Waals surface area contributed by atoms with Gasteiger partial charge in [0.15, 0.2) is 0 Å². The van der Waals surface area contributed by atoms with Crippen molar-refractivity contribution in [3.8, 4) is 11.1 Å². The Morgan fingerprint density at radius 1 is 1.11 bits per heavy atom.